The van der Waals surface area contributed by atoms with Crippen molar-refractivity contribution < 1.29 is 24.4 Å². The maximum atomic E-state index is 12.8. The molecule has 1 N–H and O–H groups in total. The zero-order chi connectivity index (χ0) is 22.8. The minimum Gasteiger partial charge on any atom is -0.480 e. The predicted octanol–water partition coefficient (Wildman–Crippen LogP) is 4.07. The van der Waals surface area contributed by atoms with Crippen molar-refractivity contribution in [1.82, 2.24) is 4.90 Å². The van der Waals surface area contributed by atoms with E-state index in [1.807, 2.05) is 6.07 Å². The van der Waals surface area contributed by atoms with E-state index in [0.29, 0.717) is 16.9 Å². The van der Waals surface area contributed by atoms with E-state index in [9.17, 15) is 24.8 Å². The van der Waals surface area contributed by atoms with Crippen LogP contribution in [0.2, 0.25) is 0 Å². The Labute approximate surface area is 183 Å². The Morgan fingerprint density at radius 2 is 1.72 bits per heavy atom. The Kier molecular flexibility index (Phi) is 5.59. The van der Waals surface area contributed by atoms with Crippen LogP contribution in [0.4, 0.5) is 5.69 Å². The molecule has 162 valence electrons. The van der Waals surface area contributed by atoms with E-state index in [1.54, 1.807) is 60.7 Å². The van der Waals surface area contributed by atoms with Crippen molar-refractivity contribution in [3.8, 4) is 16.9 Å². The van der Waals surface area contributed by atoms with Gasteiger partial charge in [-0.05, 0) is 35.7 Å². The quantitative estimate of drug-likeness (QED) is 0.342. The molecule has 1 heterocycles. The largest absolute Gasteiger partial charge is 0.480 e. The molecule has 0 unspecified atom stereocenters. The van der Waals surface area contributed by atoms with Crippen molar-refractivity contribution >= 4 is 17.6 Å². The van der Waals surface area contributed by atoms with Gasteiger partial charge in [-0.3, -0.25) is 14.9 Å². The topological polar surface area (TPSA) is 110 Å². The third-order valence-electron chi connectivity index (χ3n) is 5.51. The van der Waals surface area contributed by atoms with Gasteiger partial charge in [-0.1, -0.05) is 54.6 Å². The van der Waals surface area contributed by atoms with Crippen LogP contribution in [0.15, 0.2) is 78.9 Å². The average molecular weight is 432 g/mol. The number of nitrogens with zero attached hydrogens (tertiary/aromatic N) is 2. The number of ether oxygens (including phenoxy) is 1. The number of carboxylic acids is 1. The maximum Gasteiger partial charge on any atom is 0.326 e. The number of non-ortho nitro benzene ring substituents is 1. The van der Waals surface area contributed by atoms with Crippen molar-refractivity contribution in [1.29, 1.82) is 0 Å². The summed E-state index contributed by atoms with van der Waals surface area (Å²) in [5.74, 6) is -0.974. The fourth-order valence-corrected chi connectivity index (χ4v) is 3.80. The van der Waals surface area contributed by atoms with Crippen LogP contribution < -0.4 is 4.74 Å². The molecule has 8 nitrogen and oxygen atoms in total. The molecule has 0 radical (unpaired) electrons. The molecule has 0 aromatic heterocycles. The Hall–Kier alpha value is -4.20. The average Bonchev–Trinajstić information content (AvgIpc) is 2.81. The Bertz CT molecular complexity index is 1160. The number of carbonyl (C=O) groups excluding carboxylic acids is 1. The van der Waals surface area contributed by atoms with Crippen LogP contribution in [0.25, 0.3) is 11.1 Å². The number of β-lactam (4-membered cyclic amide) rings is 1. The molecule has 0 saturated carbocycles. The molecule has 1 aliphatic rings. The second kappa shape index (κ2) is 8.50. The minimum absolute atomic E-state index is 0.00560. The van der Waals surface area contributed by atoms with E-state index < -0.39 is 35.0 Å². The maximum absolute atomic E-state index is 12.8. The summed E-state index contributed by atoms with van der Waals surface area (Å²) in [7, 11) is 0. The lowest BCUT2D eigenvalue weighted by molar-refractivity contribution is -0.384. The lowest BCUT2D eigenvalue weighted by Crippen LogP contribution is -2.65. The number of hydrogen-bond donors (Lipinski definition) is 1. The van der Waals surface area contributed by atoms with Crippen LogP contribution in [-0.4, -0.2) is 39.0 Å². The molecule has 3 aromatic carbocycles. The molecule has 0 spiro atoms. The van der Waals surface area contributed by atoms with Gasteiger partial charge in [-0.25, -0.2) is 4.79 Å². The third-order valence-corrected chi connectivity index (χ3v) is 5.51. The summed E-state index contributed by atoms with van der Waals surface area (Å²) in [5, 5.41) is 20.5. The van der Waals surface area contributed by atoms with Gasteiger partial charge in [-0.2, -0.15) is 0 Å². The number of hydrogen-bond acceptors (Lipinski definition) is 5. The second-order valence-corrected chi connectivity index (χ2v) is 7.49. The first kappa shape index (κ1) is 21.0. The number of aliphatic carboxylic acids is 1. The van der Waals surface area contributed by atoms with E-state index in [1.165, 1.54) is 24.0 Å². The van der Waals surface area contributed by atoms with Gasteiger partial charge >= 0.3 is 5.97 Å². The SMILES string of the molecule is C[C@@H](C(=O)O)N1C(=O)[C@@H](Oc2ccccc2)[C@H]1c1ccc(-c2cccc([N+](=O)[O-])c2)cc1. The van der Waals surface area contributed by atoms with E-state index >= 15 is 0 Å². The van der Waals surface area contributed by atoms with E-state index in [0.717, 1.165) is 5.56 Å². The molecule has 0 bridgehead atoms. The minimum atomic E-state index is -1.10. The summed E-state index contributed by atoms with van der Waals surface area (Å²) < 4.78 is 5.89. The van der Waals surface area contributed by atoms with E-state index in [4.69, 9.17) is 4.74 Å². The summed E-state index contributed by atoms with van der Waals surface area (Å²) in [6.07, 6.45) is -0.845. The van der Waals surface area contributed by atoms with Crippen molar-refractivity contribution in [3.63, 3.8) is 0 Å². The number of benzene rings is 3. The van der Waals surface area contributed by atoms with Crippen LogP contribution in [0.5, 0.6) is 5.75 Å². The lowest BCUT2D eigenvalue weighted by Gasteiger charge is -2.48. The third kappa shape index (κ3) is 3.90. The lowest BCUT2D eigenvalue weighted by atomic mass is 9.87. The molecule has 3 aromatic rings. The van der Waals surface area contributed by atoms with Crippen LogP contribution in [0.3, 0.4) is 0 Å². The van der Waals surface area contributed by atoms with Gasteiger partial charge in [0.15, 0.2) is 0 Å². The van der Waals surface area contributed by atoms with Gasteiger partial charge in [0.1, 0.15) is 17.8 Å². The number of nitro benzene ring substituents is 1. The molecule has 1 amide bonds. The predicted molar refractivity (Wildman–Crippen MR) is 116 cm³/mol. The Morgan fingerprint density at radius 1 is 1.03 bits per heavy atom. The molecule has 8 heteroatoms. The van der Waals surface area contributed by atoms with Gasteiger partial charge in [0, 0.05) is 12.1 Å². The number of nitro groups is 1. The van der Waals surface area contributed by atoms with Crippen molar-refractivity contribution in [2.45, 2.75) is 25.1 Å². The van der Waals surface area contributed by atoms with Gasteiger partial charge in [0.25, 0.3) is 11.6 Å². The molecule has 1 saturated heterocycles. The normalized spacial score (nSPS) is 18.5. The first-order chi connectivity index (χ1) is 15.4. The molecule has 0 aliphatic carbocycles. The summed E-state index contributed by atoms with van der Waals surface area (Å²) in [4.78, 5) is 36.2. The van der Waals surface area contributed by atoms with Crippen LogP contribution in [-0.2, 0) is 9.59 Å². The fourth-order valence-electron chi connectivity index (χ4n) is 3.80. The van der Waals surface area contributed by atoms with E-state index in [2.05, 4.69) is 0 Å². The first-order valence-electron chi connectivity index (χ1n) is 9.98. The van der Waals surface area contributed by atoms with Gasteiger partial charge < -0.3 is 14.7 Å². The smallest absolute Gasteiger partial charge is 0.326 e. The van der Waals surface area contributed by atoms with Crippen molar-refractivity contribution in [2.24, 2.45) is 0 Å². The number of para-hydroxylation sites is 1. The van der Waals surface area contributed by atoms with Gasteiger partial charge in [0.2, 0.25) is 6.10 Å². The molecule has 1 aliphatic heterocycles. The first-order valence-corrected chi connectivity index (χ1v) is 9.98. The second-order valence-electron chi connectivity index (χ2n) is 7.49. The number of carbonyl (C=O) groups is 2. The Balaban J connectivity index is 1.64. The highest BCUT2D eigenvalue weighted by Gasteiger charge is 2.53. The molecule has 3 atom stereocenters. The van der Waals surface area contributed by atoms with Crippen LogP contribution in [0.1, 0.15) is 18.5 Å². The standard InChI is InChI=1S/C24H20N2O6/c1-15(24(28)29)25-21(22(23(25)27)32-20-8-3-2-4-9-20)17-12-10-16(11-13-17)18-6-5-7-19(14-18)26(30)31/h2-15,21-22H,1H3,(H,28,29)/t15-,21+,22-/m0/s1. The summed E-state index contributed by atoms with van der Waals surface area (Å²) in [5.41, 5.74) is 2.16. The highest BCUT2D eigenvalue weighted by atomic mass is 16.6. The highest BCUT2D eigenvalue weighted by molar-refractivity contribution is 5.93. The monoisotopic (exact) mass is 432 g/mol. The number of likely N-dealkylation sites (tertiary alicyclic amines) is 1. The van der Waals surface area contributed by atoms with E-state index in [-0.39, 0.29) is 5.69 Å². The summed E-state index contributed by atoms with van der Waals surface area (Å²) >= 11 is 0. The zero-order valence-corrected chi connectivity index (χ0v) is 17.1. The van der Waals surface area contributed by atoms with Crippen molar-refractivity contribution in [2.75, 3.05) is 0 Å². The number of amides is 1. The van der Waals surface area contributed by atoms with Crippen LogP contribution in [0, 0.1) is 10.1 Å². The highest BCUT2D eigenvalue weighted by Crippen LogP contribution is 2.40. The van der Waals surface area contributed by atoms with Crippen LogP contribution >= 0.6 is 0 Å². The molecule has 4 rings (SSSR count). The molecular formula is C24H20N2O6. The number of carboxylic acid groups (broad SMARTS) is 1. The Morgan fingerprint density at radius 3 is 2.34 bits per heavy atom. The fraction of sp³-hybridized carbons (Fsp3) is 0.167. The number of rotatable bonds is 7. The summed E-state index contributed by atoms with van der Waals surface area (Å²) in [6.45, 7) is 1.46. The molecule has 32 heavy (non-hydrogen) atoms. The zero-order valence-electron chi connectivity index (χ0n) is 17.1. The summed E-state index contributed by atoms with van der Waals surface area (Å²) in [6, 6.07) is 20.8. The molecular weight excluding hydrogens is 412 g/mol. The van der Waals surface area contributed by atoms with Gasteiger partial charge in [-0.15, -0.1) is 0 Å². The van der Waals surface area contributed by atoms with Crippen molar-refractivity contribution in [3.05, 3.63) is 94.5 Å². The van der Waals surface area contributed by atoms with Gasteiger partial charge in [0.05, 0.1) is 4.92 Å². The molecule has 1 fully saturated rings.